The lowest BCUT2D eigenvalue weighted by atomic mass is 10.2. The van der Waals surface area contributed by atoms with Crippen molar-refractivity contribution in [2.24, 2.45) is 0 Å². The summed E-state index contributed by atoms with van der Waals surface area (Å²) in [5, 5.41) is 0. The van der Waals surface area contributed by atoms with Crippen LogP contribution in [0.2, 0.25) is 0 Å². The van der Waals surface area contributed by atoms with Gasteiger partial charge in [0, 0.05) is 0 Å². The highest BCUT2D eigenvalue weighted by Gasteiger charge is 2.16. The molecule has 0 saturated carbocycles. The molecule has 1 fully saturated rings. The Balaban J connectivity index is 2.26. The maximum Gasteiger partial charge on any atom is 0.0583 e. The Hall–Kier alpha value is -0.0400. The molecule has 0 aromatic rings. The molecule has 7 heavy (non-hydrogen) atoms. The maximum atomic E-state index is 5.31. The van der Waals surface area contributed by atoms with Crippen LogP contribution < -0.4 is 0 Å². The third-order valence-electron chi connectivity index (χ3n) is 1.25. The van der Waals surface area contributed by atoms with Crippen molar-refractivity contribution in [1.29, 1.82) is 0 Å². The van der Waals surface area contributed by atoms with Crippen molar-refractivity contribution >= 4 is 0 Å². The van der Waals surface area contributed by atoms with Crippen LogP contribution in [-0.2, 0) is 4.74 Å². The molecule has 0 N–H and O–H groups in total. The maximum absolute atomic E-state index is 5.31. The fourth-order valence-corrected chi connectivity index (χ4v) is 0.861. The Morgan fingerprint density at radius 1 is 1.57 bits per heavy atom. The summed E-state index contributed by atoms with van der Waals surface area (Å²) in [6, 6.07) is 0. The minimum Gasteiger partial charge on any atom is -0.375 e. The molecule has 1 saturated heterocycles. The van der Waals surface area contributed by atoms with E-state index in [9.17, 15) is 0 Å². The molecule has 1 rings (SSSR count). The third-order valence-corrected chi connectivity index (χ3v) is 1.25. The summed E-state index contributed by atoms with van der Waals surface area (Å²) >= 11 is 0. The van der Waals surface area contributed by atoms with Gasteiger partial charge in [0.15, 0.2) is 0 Å². The van der Waals surface area contributed by atoms with Gasteiger partial charge in [0.05, 0.1) is 12.2 Å². The average molecular weight is 99.2 g/mol. The fraction of sp³-hybridized carbons (Fsp3) is 0.833. The summed E-state index contributed by atoms with van der Waals surface area (Å²) in [5.41, 5.74) is 0. The van der Waals surface area contributed by atoms with Gasteiger partial charge in [0.1, 0.15) is 0 Å². The van der Waals surface area contributed by atoms with Crippen molar-refractivity contribution in [1.82, 2.24) is 0 Å². The number of hydrogen-bond donors (Lipinski definition) is 0. The van der Waals surface area contributed by atoms with Gasteiger partial charge in [-0.05, 0) is 26.7 Å². The van der Waals surface area contributed by atoms with Gasteiger partial charge in [-0.1, -0.05) is 0 Å². The second kappa shape index (κ2) is 1.83. The van der Waals surface area contributed by atoms with Gasteiger partial charge in [-0.25, -0.2) is 0 Å². The van der Waals surface area contributed by atoms with Gasteiger partial charge in [0.25, 0.3) is 0 Å². The second-order valence-corrected chi connectivity index (χ2v) is 2.12. The molecule has 41 valence electrons. The van der Waals surface area contributed by atoms with Crippen molar-refractivity contribution in [3.05, 3.63) is 6.42 Å². The molecule has 1 radical (unpaired) electrons. The van der Waals surface area contributed by atoms with Crippen LogP contribution in [0, 0.1) is 6.42 Å². The van der Waals surface area contributed by atoms with E-state index in [-0.39, 0.29) is 0 Å². The first-order valence-electron chi connectivity index (χ1n) is 2.78. The highest BCUT2D eigenvalue weighted by atomic mass is 16.5. The number of hydrogen-bond acceptors (Lipinski definition) is 1. The van der Waals surface area contributed by atoms with Crippen molar-refractivity contribution in [2.45, 2.75) is 32.5 Å². The Morgan fingerprint density at radius 2 is 2.29 bits per heavy atom. The summed E-state index contributed by atoms with van der Waals surface area (Å²) < 4.78 is 5.31. The van der Waals surface area contributed by atoms with Crippen LogP contribution in [-0.4, -0.2) is 12.2 Å². The monoisotopic (exact) mass is 99.1 g/mol. The largest absolute Gasteiger partial charge is 0.375 e. The number of rotatable bonds is 0. The smallest absolute Gasteiger partial charge is 0.0583 e. The van der Waals surface area contributed by atoms with Gasteiger partial charge in [0.2, 0.25) is 0 Å². The van der Waals surface area contributed by atoms with Gasteiger partial charge in [-0.3, -0.25) is 0 Å². The van der Waals surface area contributed by atoms with Crippen LogP contribution in [0.1, 0.15) is 20.3 Å². The topological polar surface area (TPSA) is 9.23 Å². The van der Waals surface area contributed by atoms with Crippen LogP contribution in [0.25, 0.3) is 0 Å². The van der Waals surface area contributed by atoms with E-state index in [0.29, 0.717) is 12.2 Å². The molecule has 1 heterocycles. The predicted molar refractivity (Wildman–Crippen MR) is 28.9 cm³/mol. The van der Waals surface area contributed by atoms with E-state index in [2.05, 4.69) is 20.3 Å². The van der Waals surface area contributed by atoms with Crippen molar-refractivity contribution in [3.8, 4) is 0 Å². The quantitative estimate of drug-likeness (QED) is 0.446. The van der Waals surface area contributed by atoms with Gasteiger partial charge < -0.3 is 4.74 Å². The average Bonchev–Trinajstić information content (AvgIpc) is 1.87. The predicted octanol–water partition coefficient (Wildman–Crippen LogP) is 1.39. The van der Waals surface area contributed by atoms with Crippen LogP contribution in [0.15, 0.2) is 0 Å². The van der Waals surface area contributed by atoms with Crippen molar-refractivity contribution in [2.75, 3.05) is 0 Å². The molecule has 1 aliphatic heterocycles. The molecule has 0 spiro atoms. The molecule has 1 unspecified atom stereocenters. The molecular formula is C6H11O. The third kappa shape index (κ3) is 1.16. The summed E-state index contributed by atoms with van der Waals surface area (Å²) in [6.07, 6.45) is 4.19. The van der Waals surface area contributed by atoms with Crippen LogP contribution in [0.3, 0.4) is 0 Å². The lowest BCUT2D eigenvalue weighted by Gasteiger charge is -2.01. The minimum absolute atomic E-state index is 0.398. The van der Waals surface area contributed by atoms with Gasteiger partial charge in [-0.15, -0.1) is 0 Å². The highest BCUT2D eigenvalue weighted by molar-refractivity contribution is 4.82. The highest BCUT2D eigenvalue weighted by Crippen LogP contribution is 2.16. The number of ether oxygens (including phenoxy) is 1. The molecule has 0 aromatic carbocycles. The second-order valence-electron chi connectivity index (χ2n) is 2.12. The molecule has 0 amide bonds. The first kappa shape index (κ1) is 5.10. The summed E-state index contributed by atoms with van der Waals surface area (Å²) in [5.74, 6) is 0. The molecule has 0 aliphatic carbocycles. The van der Waals surface area contributed by atoms with Crippen molar-refractivity contribution in [3.63, 3.8) is 0 Å². The van der Waals surface area contributed by atoms with E-state index < -0.39 is 0 Å². The standard InChI is InChI=1S/C6H11O/c1-5-3-4-6(2)7-5/h3,5-6H,4H2,1-2H3/t5?,6-/m0/s1. The van der Waals surface area contributed by atoms with E-state index >= 15 is 0 Å². The minimum atomic E-state index is 0.398. The Bertz CT molecular complexity index is 53.2. The lowest BCUT2D eigenvalue weighted by Crippen LogP contribution is -2.01. The Labute approximate surface area is 44.7 Å². The normalized spacial score (nSPS) is 42.0. The molecule has 0 aromatic heterocycles. The first-order valence-corrected chi connectivity index (χ1v) is 2.78. The zero-order valence-electron chi connectivity index (χ0n) is 4.85. The summed E-state index contributed by atoms with van der Waals surface area (Å²) in [6.45, 7) is 4.17. The molecule has 1 aliphatic rings. The molecular weight excluding hydrogens is 88.1 g/mol. The van der Waals surface area contributed by atoms with Crippen LogP contribution in [0.5, 0.6) is 0 Å². The Morgan fingerprint density at radius 3 is 2.43 bits per heavy atom. The van der Waals surface area contributed by atoms with Crippen molar-refractivity contribution < 1.29 is 4.74 Å². The summed E-state index contributed by atoms with van der Waals surface area (Å²) in [4.78, 5) is 0. The first-order chi connectivity index (χ1) is 3.29. The van der Waals surface area contributed by atoms with Gasteiger partial charge in [-0.2, -0.15) is 0 Å². The zero-order chi connectivity index (χ0) is 5.28. The van der Waals surface area contributed by atoms with Gasteiger partial charge >= 0.3 is 0 Å². The Kier molecular flexibility index (Phi) is 1.33. The van der Waals surface area contributed by atoms with E-state index in [4.69, 9.17) is 4.74 Å². The van der Waals surface area contributed by atoms with Crippen LogP contribution in [0.4, 0.5) is 0 Å². The SMILES string of the molecule is CC1[CH]C[C@H](C)O1. The molecule has 1 heteroatoms. The summed E-state index contributed by atoms with van der Waals surface area (Å²) in [7, 11) is 0. The molecule has 2 atom stereocenters. The van der Waals surface area contributed by atoms with Crippen LogP contribution >= 0.6 is 0 Å². The molecule has 1 nitrogen and oxygen atoms in total. The van der Waals surface area contributed by atoms with E-state index in [1.165, 1.54) is 0 Å². The van der Waals surface area contributed by atoms with E-state index in [0.717, 1.165) is 6.42 Å². The van der Waals surface area contributed by atoms with E-state index in [1.54, 1.807) is 0 Å². The van der Waals surface area contributed by atoms with E-state index in [1.807, 2.05) is 0 Å². The lowest BCUT2D eigenvalue weighted by molar-refractivity contribution is 0.0739. The zero-order valence-corrected chi connectivity index (χ0v) is 4.85. The molecule has 0 bridgehead atoms. The fourth-order valence-electron chi connectivity index (χ4n) is 0.861.